The summed E-state index contributed by atoms with van der Waals surface area (Å²) in [6, 6.07) is 9.36. The van der Waals surface area contributed by atoms with Crippen molar-refractivity contribution in [2.75, 3.05) is 20.8 Å². The topological polar surface area (TPSA) is 113 Å². The van der Waals surface area contributed by atoms with E-state index in [-0.39, 0.29) is 13.0 Å². The lowest BCUT2D eigenvalue weighted by atomic mass is 9.66. The SMILES string of the molecule is COC(=O)C1=C(C(=O)OC)C2(O)N(Cc3ccccc3)CCCC2(C)CC(=O)C1O. The van der Waals surface area contributed by atoms with Crippen LogP contribution in [0.25, 0.3) is 0 Å². The molecule has 1 aliphatic heterocycles. The Morgan fingerprint density at radius 3 is 2.40 bits per heavy atom. The number of aliphatic hydroxyl groups excluding tert-OH is 1. The first-order valence-electron chi connectivity index (χ1n) is 9.83. The van der Waals surface area contributed by atoms with Crippen molar-refractivity contribution in [1.82, 2.24) is 4.90 Å². The number of hydrogen-bond acceptors (Lipinski definition) is 8. The Labute approximate surface area is 175 Å². The van der Waals surface area contributed by atoms with E-state index in [2.05, 4.69) is 0 Å². The minimum Gasteiger partial charge on any atom is -0.466 e. The molecule has 3 rings (SSSR count). The molecule has 162 valence electrons. The van der Waals surface area contributed by atoms with Crippen molar-refractivity contribution < 1.29 is 34.1 Å². The van der Waals surface area contributed by atoms with E-state index in [4.69, 9.17) is 9.47 Å². The summed E-state index contributed by atoms with van der Waals surface area (Å²) in [5.41, 5.74) is -3.27. The lowest BCUT2D eigenvalue weighted by molar-refractivity contribution is -0.198. The molecule has 0 radical (unpaired) electrons. The maximum Gasteiger partial charge on any atom is 0.338 e. The standard InChI is InChI=1S/C22H27NO7/c1-21-10-7-11-23(13-14-8-5-4-6-9-14)22(21,28)17(20(27)30-3)16(19(26)29-2)18(25)15(24)12-21/h4-6,8-9,18,25,28H,7,10-13H2,1-3H3. The molecule has 3 atom stereocenters. The van der Waals surface area contributed by atoms with Crippen LogP contribution in [0.2, 0.25) is 0 Å². The molecule has 0 amide bonds. The molecule has 8 nitrogen and oxygen atoms in total. The summed E-state index contributed by atoms with van der Waals surface area (Å²) in [6.07, 6.45) is -1.02. The zero-order chi connectivity index (χ0) is 22.1. The quantitative estimate of drug-likeness (QED) is 0.697. The summed E-state index contributed by atoms with van der Waals surface area (Å²) < 4.78 is 9.65. The van der Waals surface area contributed by atoms with E-state index in [0.29, 0.717) is 19.4 Å². The Morgan fingerprint density at radius 1 is 1.17 bits per heavy atom. The summed E-state index contributed by atoms with van der Waals surface area (Å²) >= 11 is 0. The van der Waals surface area contributed by atoms with Gasteiger partial charge in [0.1, 0.15) is 6.10 Å². The molecular weight excluding hydrogens is 390 g/mol. The molecule has 0 bridgehead atoms. The predicted octanol–water partition coefficient (Wildman–Crippen LogP) is 0.954. The largest absolute Gasteiger partial charge is 0.466 e. The van der Waals surface area contributed by atoms with E-state index in [1.807, 2.05) is 30.3 Å². The summed E-state index contributed by atoms with van der Waals surface area (Å²) in [6.45, 7) is 2.38. The van der Waals surface area contributed by atoms with Crippen LogP contribution in [-0.4, -0.2) is 65.4 Å². The van der Waals surface area contributed by atoms with Gasteiger partial charge in [0.2, 0.25) is 0 Å². The number of methoxy groups -OCH3 is 2. The monoisotopic (exact) mass is 417 g/mol. The van der Waals surface area contributed by atoms with Crippen molar-refractivity contribution >= 4 is 17.7 Å². The number of Topliss-reactive ketones (excluding diaryl/α,β-unsaturated/α-hetero) is 1. The molecule has 1 saturated heterocycles. The number of ether oxygens (including phenoxy) is 2. The Hall–Kier alpha value is -2.55. The van der Waals surface area contributed by atoms with Crippen LogP contribution >= 0.6 is 0 Å². The van der Waals surface area contributed by atoms with E-state index < -0.39 is 46.1 Å². The Balaban J connectivity index is 2.28. The van der Waals surface area contributed by atoms with E-state index in [9.17, 15) is 24.6 Å². The molecule has 0 saturated carbocycles. The maximum absolute atomic E-state index is 12.9. The van der Waals surface area contributed by atoms with Gasteiger partial charge in [-0.05, 0) is 18.4 Å². The first-order chi connectivity index (χ1) is 14.2. The highest BCUT2D eigenvalue weighted by Crippen LogP contribution is 2.52. The number of likely N-dealkylation sites (tertiary alicyclic amines) is 1. The molecule has 30 heavy (non-hydrogen) atoms. The van der Waals surface area contributed by atoms with E-state index >= 15 is 0 Å². The Morgan fingerprint density at radius 2 is 1.80 bits per heavy atom. The summed E-state index contributed by atoms with van der Waals surface area (Å²) in [5, 5.41) is 22.8. The fourth-order valence-corrected chi connectivity index (χ4v) is 4.69. The van der Waals surface area contributed by atoms with Crippen LogP contribution in [-0.2, 0) is 30.4 Å². The minimum atomic E-state index is -2.02. The van der Waals surface area contributed by atoms with Gasteiger partial charge in [0.25, 0.3) is 0 Å². The summed E-state index contributed by atoms with van der Waals surface area (Å²) in [5.74, 6) is -2.70. The third kappa shape index (κ3) is 3.45. The number of esters is 2. The van der Waals surface area contributed by atoms with E-state index in [1.165, 1.54) is 0 Å². The van der Waals surface area contributed by atoms with Crippen molar-refractivity contribution in [3.8, 4) is 0 Å². The predicted molar refractivity (Wildman–Crippen MR) is 106 cm³/mol. The minimum absolute atomic E-state index is 0.211. The number of fused-ring (bicyclic) bond motifs is 1. The fraction of sp³-hybridized carbons (Fsp3) is 0.500. The van der Waals surface area contributed by atoms with Crippen LogP contribution in [0, 0.1) is 5.41 Å². The highest BCUT2D eigenvalue weighted by molar-refractivity contribution is 6.08. The molecule has 8 heteroatoms. The summed E-state index contributed by atoms with van der Waals surface area (Å²) in [7, 11) is 2.20. The first-order valence-corrected chi connectivity index (χ1v) is 9.83. The summed E-state index contributed by atoms with van der Waals surface area (Å²) in [4.78, 5) is 39.9. The van der Waals surface area contributed by atoms with Gasteiger partial charge in [-0.1, -0.05) is 37.3 Å². The van der Waals surface area contributed by atoms with Crippen LogP contribution < -0.4 is 0 Å². The van der Waals surface area contributed by atoms with E-state index in [1.54, 1.807) is 11.8 Å². The highest BCUT2D eigenvalue weighted by Gasteiger charge is 2.62. The van der Waals surface area contributed by atoms with Gasteiger partial charge < -0.3 is 19.7 Å². The molecule has 1 fully saturated rings. The van der Waals surface area contributed by atoms with Crippen LogP contribution in [0.5, 0.6) is 0 Å². The number of aliphatic hydroxyl groups is 2. The molecule has 2 aliphatic rings. The lowest BCUT2D eigenvalue weighted by Crippen LogP contribution is -2.64. The van der Waals surface area contributed by atoms with Crippen molar-refractivity contribution in [3.05, 3.63) is 47.0 Å². The van der Waals surface area contributed by atoms with Gasteiger partial charge in [-0.25, -0.2) is 9.59 Å². The van der Waals surface area contributed by atoms with Gasteiger partial charge in [-0.15, -0.1) is 0 Å². The number of hydrogen-bond donors (Lipinski definition) is 2. The lowest BCUT2D eigenvalue weighted by Gasteiger charge is -2.54. The van der Waals surface area contributed by atoms with Gasteiger partial charge >= 0.3 is 11.9 Å². The van der Waals surface area contributed by atoms with Crippen molar-refractivity contribution in [3.63, 3.8) is 0 Å². The third-order valence-corrected chi connectivity index (χ3v) is 6.23. The molecule has 0 spiro atoms. The zero-order valence-electron chi connectivity index (χ0n) is 17.4. The van der Waals surface area contributed by atoms with Gasteiger partial charge in [0.15, 0.2) is 11.5 Å². The average Bonchev–Trinajstić information content (AvgIpc) is 2.80. The molecule has 1 aliphatic carbocycles. The van der Waals surface area contributed by atoms with Crippen molar-refractivity contribution in [2.45, 2.75) is 44.6 Å². The number of ketones is 1. The van der Waals surface area contributed by atoms with Gasteiger partial charge in [-0.2, -0.15) is 0 Å². The third-order valence-electron chi connectivity index (χ3n) is 6.23. The van der Waals surface area contributed by atoms with Gasteiger partial charge in [0.05, 0.1) is 25.4 Å². The smallest absolute Gasteiger partial charge is 0.338 e. The van der Waals surface area contributed by atoms with Crippen LogP contribution in [0.15, 0.2) is 41.5 Å². The number of carbonyl (C=O) groups is 3. The molecule has 2 N–H and O–H groups in total. The number of benzene rings is 1. The molecule has 0 aromatic heterocycles. The first kappa shape index (κ1) is 22.1. The Kier molecular flexibility index (Phi) is 6.12. The maximum atomic E-state index is 12.9. The Bertz CT molecular complexity index is 881. The highest BCUT2D eigenvalue weighted by atomic mass is 16.5. The molecular formula is C22H27NO7. The second kappa shape index (κ2) is 8.29. The van der Waals surface area contributed by atoms with Crippen molar-refractivity contribution in [1.29, 1.82) is 0 Å². The van der Waals surface area contributed by atoms with Gasteiger partial charge in [0, 0.05) is 24.9 Å². The normalized spacial score (nSPS) is 29.8. The fourth-order valence-electron chi connectivity index (χ4n) is 4.69. The molecule has 1 aromatic rings. The van der Waals surface area contributed by atoms with E-state index in [0.717, 1.165) is 19.8 Å². The number of nitrogens with zero attached hydrogens (tertiary/aromatic N) is 1. The average molecular weight is 417 g/mol. The number of piperidine rings is 1. The number of rotatable bonds is 4. The second-order valence-corrected chi connectivity index (χ2v) is 8.06. The van der Waals surface area contributed by atoms with Gasteiger partial charge in [-0.3, -0.25) is 9.69 Å². The molecule has 1 aromatic carbocycles. The second-order valence-electron chi connectivity index (χ2n) is 8.06. The van der Waals surface area contributed by atoms with Crippen molar-refractivity contribution in [2.24, 2.45) is 5.41 Å². The molecule has 1 heterocycles. The zero-order valence-corrected chi connectivity index (χ0v) is 17.4. The molecule has 3 unspecified atom stereocenters. The number of carbonyl (C=O) groups excluding carboxylic acids is 3. The van der Waals surface area contributed by atoms with Crippen LogP contribution in [0.1, 0.15) is 31.7 Å². The van der Waals surface area contributed by atoms with Crippen LogP contribution in [0.3, 0.4) is 0 Å². The van der Waals surface area contributed by atoms with Crippen LogP contribution in [0.4, 0.5) is 0 Å².